The van der Waals surface area contributed by atoms with Gasteiger partial charge in [-0.15, -0.1) is 0 Å². The number of nitro benzene ring substituents is 1. The number of ether oxygens (including phenoxy) is 2. The van der Waals surface area contributed by atoms with Crippen LogP contribution in [0, 0.1) is 10.1 Å². The summed E-state index contributed by atoms with van der Waals surface area (Å²) in [5.74, 6) is -0.706. The zero-order valence-corrected chi connectivity index (χ0v) is 17.2. The Bertz CT molecular complexity index is 1180. The molecule has 0 spiro atoms. The molecule has 1 unspecified atom stereocenters. The number of nitro groups is 1. The number of fused-ring (bicyclic) bond motifs is 1. The maximum Gasteiger partial charge on any atom is 0.315 e. The zero-order valence-electron chi connectivity index (χ0n) is 17.2. The highest BCUT2D eigenvalue weighted by Crippen LogP contribution is 2.36. The Morgan fingerprint density at radius 1 is 1.13 bits per heavy atom. The minimum Gasteiger partial charge on any atom is -0.500 e. The Kier molecular flexibility index (Phi) is 6.35. The van der Waals surface area contributed by atoms with Gasteiger partial charge >= 0.3 is 5.69 Å². The van der Waals surface area contributed by atoms with Crippen LogP contribution in [0.1, 0.15) is 24.0 Å². The average molecular weight is 423 g/mol. The van der Waals surface area contributed by atoms with Crippen molar-refractivity contribution in [3.63, 3.8) is 0 Å². The van der Waals surface area contributed by atoms with E-state index >= 15 is 0 Å². The van der Waals surface area contributed by atoms with Gasteiger partial charge in [-0.1, -0.05) is 24.3 Å². The zero-order chi connectivity index (χ0) is 22.5. The quantitative estimate of drug-likeness (QED) is 0.339. The number of hydrogen-bond donors (Lipinski definition) is 2. The topological polar surface area (TPSA) is 123 Å². The highest BCUT2D eigenvalue weighted by molar-refractivity contribution is 5.89. The first-order valence-corrected chi connectivity index (χ1v) is 9.30. The van der Waals surface area contributed by atoms with Crippen molar-refractivity contribution in [1.82, 2.24) is 5.43 Å². The summed E-state index contributed by atoms with van der Waals surface area (Å²) >= 11 is 0. The second-order valence-electron chi connectivity index (χ2n) is 6.78. The van der Waals surface area contributed by atoms with Gasteiger partial charge in [-0.05, 0) is 41.5 Å². The molecule has 0 aliphatic heterocycles. The van der Waals surface area contributed by atoms with Crippen LogP contribution in [-0.2, 0) is 4.79 Å². The number of nitrogens with one attached hydrogen (secondary N) is 1. The summed E-state index contributed by atoms with van der Waals surface area (Å²) in [5, 5.41) is 26.7. The molecule has 0 aliphatic carbocycles. The van der Waals surface area contributed by atoms with Crippen LogP contribution < -0.4 is 14.9 Å². The second kappa shape index (κ2) is 9.12. The van der Waals surface area contributed by atoms with Gasteiger partial charge in [0.25, 0.3) is 0 Å². The largest absolute Gasteiger partial charge is 0.500 e. The first kappa shape index (κ1) is 21.6. The smallest absolute Gasteiger partial charge is 0.315 e. The number of carbonyl (C=O) groups is 1. The first-order chi connectivity index (χ1) is 14.8. The molecule has 0 saturated heterocycles. The van der Waals surface area contributed by atoms with E-state index in [4.69, 9.17) is 9.47 Å². The fourth-order valence-corrected chi connectivity index (χ4v) is 3.04. The van der Waals surface area contributed by atoms with Gasteiger partial charge in [0.2, 0.25) is 11.7 Å². The molecule has 1 amide bonds. The molecule has 3 aromatic carbocycles. The summed E-state index contributed by atoms with van der Waals surface area (Å²) < 4.78 is 10.2. The minimum absolute atomic E-state index is 0.0665. The summed E-state index contributed by atoms with van der Waals surface area (Å²) in [5.41, 5.74) is 3.01. The molecular weight excluding hydrogens is 402 g/mol. The molecule has 0 fully saturated rings. The lowest BCUT2D eigenvalue weighted by molar-refractivity contribution is -0.386. The normalized spacial score (nSPS) is 12.0. The van der Waals surface area contributed by atoms with Crippen LogP contribution in [0.4, 0.5) is 5.69 Å². The number of phenolic OH excluding ortho intramolecular Hbond substituents is 1. The molecule has 9 nitrogen and oxygen atoms in total. The number of benzene rings is 3. The van der Waals surface area contributed by atoms with Crippen LogP contribution in [-0.4, -0.2) is 36.4 Å². The van der Waals surface area contributed by atoms with Crippen LogP contribution >= 0.6 is 0 Å². The lowest BCUT2D eigenvalue weighted by atomic mass is 9.97. The number of hydrazone groups is 1. The summed E-state index contributed by atoms with van der Waals surface area (Å²) in [4.78, 5) is 22.8. The lowest BCUT2D eigenvalue weighted by Gasteiger charge is -2.11. The molecule has 9 heteroatoms. The molecular formula is C22H21N3O6. The molecule has 1 atom stereocenters. The van der Waals surface area contributed by atoms with E-state index in [2.05, 4.69) is 10.5 Å². The maximum absolute atomic E-state index is 12.5. The van der Waals surface area contributed by atoms with Crippen molar-refractivity contribution in [1.29, 1.82) is 0 Å². The van der Waals surface area contributed by atoms with Gasteiger partial charge < -0.3 is 14.6 Å². The van der Waals surface area contributed by atoms with Crippen molar-refractivity contribution in [2.75, 3.05) is 14.2 Å². The molecule has 3 aromatic rings. The number of phenols is 1. The van der Waals surface area contributed by atoms with Gasteiger partial charge in [0.05, 0.1) is 31.3 Å². The highest BCUT2D eigenvalue weighted by Gasteiger charge is 2.19. The average Bonchev–Trinajstić information content (AvgIpc) is 2.78. The standard InChI is InChI=1S/C22H21N3O6/c1-13(15-4-5-17-11-18(30-2)7-6-16(17)10-15)22(27)24-23-12-14-8-19(25(28)29)21(26)20(9-14)31-3/h4-13,26H,1-3H3,(H,24,27)/b23-12+. The SMILES string of the molecule is COc1ccc2cc(C(C)C(=O)N/N=C/c3cc(OC)c(O)c([N+](=O)[O-])c3)ccc2c1. The van der Waals surface area contributed by atoms with E-state index in [0.29, 0.717) is 0 Å². The molecule has 0 radical (unpaired) electrons. The molecule has 31 heavy (non-hydrogen) atoms. The summed E-state index contributed by atoms with van der Waals surface area (Å²) in [6, 6.07) is 13.9. The van der Waals surface area contributed by atoms with Crippen molar-refractivity contribution < 1.29 is 24.3 Å². The fourth-order valence-electron chi connectivity index (χ4n) is 3.04. The predicted molar refractivity (Wildman–Crippen MR) is 116 cm³/mol. The predicted octanol–water partition coefficient (Wildman–Crippen LogP) is 3.72. The van der Waals surface area contributed by atoms with Crippen molar-refractivity contribution in [3.8, 4) is 17.2 Å². The van der Waals surface area contributed by atoms with Gasteiger partial charge in [0, 0.05) is 11.6 Å². The number of rotatable bonds is 7. The van der Waals surface area contributed by atoms with E-state index < -0.39 is 22.3 Å². The van der Waals surface area contributed by atoms with Crippen molar-refractivity contribution in [2.24, 2.45) is 5.10 Å². The van der Waals surface area contributed by atoms with Crippen LogP contribution in [0.25, 0.3) is 10.8 Å². The summed E-state index contributed by atoms with van der Waals surface area (Å²) in [6.45, 7) is 1.75. The molecule has 2 N–H and O–H groups in total. The molecule has 0 aromatic heterocycles. The Balaban J connectivity index is 1.74. The van der Waals surface area contributed by atoms with Crippen molar-refractivity contribution in [2.45, 2.75) is 12.8 Å². The number of carbonyl (C=O) groups excluding carboxylic acids is 1. The first-order valence-electron chi connectivity index (χ1n) is 9.30. The van der Waals surface area contributed by atoms with Gasteiger partial charge in [-0.3, -0.25) is 14.9 Å². The molecule has 160 valence electrons. The van der Waals surface area contributed by atoms with Crippen LogP contribution in [0.3, 0.4) is 0 Å². The summed E-state index contributed by atoms with van der Waals surface area (Å²) in [6.07, 6.45) is 1.24. The fraction of sp³-hybridized carbons (Fsp3) is 0.182. The summed E-state index contributed by atoms with van der Waals surface area (Å²) in [7, 11) is 2.89. The second-order valence-corrected chi connectivity index (χ2v) is 6.78. The Morgan fingerprint density at radius 2 is 1.84 bits per heavy atom. The van der Waals surface area contributed by atoms with Crippen molar-refractivity contribution >= 4 is 28.6 Å². The molecule has 0 bridgehead atoms. The molecule has 0 saturated carbocycles. The highest BCUT2D eigenvalue weighted by atomic mass is 16.6. The van der Waals surface area contributed by atoms with E-state index in [9.17, 15) is 20.0 Å². The minimum atomic E-state index is -0.731. The third-order valence-electron chi connectivity index (χ3n) is 4.85. The van der Waals surface area contributed by atoms with E-state index in [1.165, 1.54) is 19.4 Å². The molecule has 0 aliphatic rings. The Morgan fingerprint density at radius 3 is 2.52 bits per heavy atom. The van der Waals surface area contributed by atoms with Crippen LogP contribution in [0.5, 0.6) is 17.2 Å². The van der Waals surface area contributed by atoms with Gasteiger partial charge in [-0.2, -0.15) is 5.10 Å². The maximum atomic E-state index is 12.5. The van der Waals surface area contributed by atoms with Gasteiger partial charge in [0.1, 0.15) is 5.75 Å². The number of amides is 1. The molecule has 3 rings (SSSR count). The number of aromatic hydroxyl groups is 1. The van der Waals surface area contributed by atoms with E-state index in [-0.39, 0.29) is 17.2 Å². The van der Waals surface area contributed by atoms with Crippen molar-refractivity contribution in [3.05, 3.63) is 69.8 Å². The van der Waals surface area contributed by atoms with Crippen LogP contribution in [0.2, 0.25) is 0 Å². The van der Waals surface area contributed by atoms with E-state index in [0.717, 1.165) is 28.2 Å². The number of methoxy groups -OCH3 is 2. The van der Waals surface area contributed by atoms with Gasteiger partial charge in [-0.25, -0.2) is 5.43 Å². The number of nitrogens with zero attached hydrogens (tertiary/aromatic N) is 2. The monoisotopic (exact) mass is 423 g/mol. The Hall–Kier alpha value is -4.14. The third kappa shape index (κ3) is 4.72. The van der Waals surface area contributed by atoms with E-state index in [1.54, 1.807) is 14.0 Å². The van der Waals surface area contributed by atoms with E-state index in [1.807, 2.05) is 36.4 Å². The Labute approximate surface area is 178 Å². The third-order valence-corrected chi connectivity index (χ3v) is 4.85. The number of hydrogen-bond acceptors (Lipinski definition) is 7. The lowest BCUT2D eigenvalue weighted by Crippen LogP contribution is -2.23. The van der Waals surface area contributed by atoms with Crippen LogP contribution in [0.15, 0.2) is 53.6 Å². The molecule has 0 heterocycles. The van der Waals surface area contributed by atoms with Gasteiger partial charge in [0.15, 0.2) is 5.75 Å².